The lowest BCUT2D eigenvalue weighted by Crippen LogP contribution is -2.45. The molecule has 0 spiro atoms. The van der Waals surface area contributed by atoms with E-state index in [1.165, 1.54) is 34.6 Å². The zero-order valence-corrected chi connectivity index (χ0v) is 18.5. The maximum absolute atomic E-state index is 6.58. The molecule has 0 N–H and O–H groups in total. The summed E-state index contributed by atoms with van der Waals surface area (Å²) in [5, 5.41) is 2.81. The number of benzene rings is 3. The van der Waals surface area contributed by atoms with E-state index in [0.717, 1.165) is 25.3 Å². The van der Waals surface area contributed by atoms with Crippen molar-refractivity contribution in [1.82, 2.24) is 4.67 Å². The molecule has 1 saturated heterocycles. The Morgan fingerprint density at radius 3 is 2.23 bits per heavy atom. The van der Waals surface area contributed by atoms with Crippen molar-refractivity contribution >= 4 is 24.6 Å². The molecule has 1 aliphatic carbocycles. The SMILES string of the molecule is c1ccc(P(c2ccccc2)N2CCCC[C@H]2C2=N[C@H]3c4ccccc4C[C@H]3O2)cc1. The molecule has 2 heterocycles. The van der Waals surface area contributed by atoms with E-state index in [9.17, 15) is 0 Å². The average Bonchev–Trinajstić information content (AvgIpc) is 3.39. The highest BCUT2D eigenvalue weighted by molar-refractivity contribution is 7.70. The van der Waals surface area contributed by atoms with E-state index in [0.29, 0.717) is 0 Å². The minimum Gasteiger partial charge on any atom is -0.474 e. The molecule has 0 amide bonds. The van der Waals surface area contributed by atoms with Crippen LogP contribution < -0.4 is 10.6 Å². The minimum atomic E-state index is -0.619. The van der Waals surface area contributed by atoms with Gasteiger partial charge in [0.1, 0.15) is 12.1 Å². The van der Waals surface area contributed by atoms with Crippen molar-refractivity contribution in [3.8, 4) is 0 Å². The van der Waals surface area contributed by atoms with Crippen molar-refractivity contribution in [2.45, 2.75) is 43.9 Å². The molecule has 0 unspecified atom stereocenters. The zero-order chi connectivity index (χ0) is 20.6. The fourth-order valence-electron chi connectivity index (χ4n) is 5.27. The molecular weight excluding hydrogens is 399 g/mol. The smallest absolute Gasteiger partial charge is 0.202 e. The predicted molar refractivity (Wildman–Crippen MR) is 129 cm³/mol. The zero-order valence-electron chi connectivity index (χ0n) is 17.6. The molecule has 156 valence electrons. The summed E-state index contributed by atoms with van der Waals surface area (Å²) < 4.78 is 9.28. The van der Waals surface area contributed by atoms with Crippen LogP contribution in [0.3, 0.4) is 0 Å². The second kappa shape index (κ2) is 8.22. The van der Waals surface area contributed by atoms with Crippen LogP contribution in [0.1, 0.15) is 36.4 Å². The molecule has 0 saturated carbocycles. The van der Waals surface area contributed by atoms with Gasteiger partial charge in [0, 0.05) is 21.0 Å². The van der Waals surface area contributed by atoms with Crippen molar-refractivity contribution in [2.75, 3.05) is 6.54 Å². The minimum absolute atomic E-state index is 0.176. The maximum atomic E-state index is 6.58. The Balaban J connectivity index is 1.37. The lowest BCUT2D eigenvalue weighted by molar-refractivity contribution is 0.181. The monoisotopic (exact) mass is 426 g/mol. The third-order valence-corrected chi connectivity index (χ3v) is 9.27. The normalized spacial score (nSPS) is 25.1. The molecule has 1 fully saturated rings. The van der Waals surface area contributed by atoms with Crippen LogP contribution in [-0.4, -0.2) is 29.3 Å². The highest BCUT2D eigenvalue weighted by Crippen LogP contribution is 2.46. The first-order valence-corrected chi connectivity index (χ1v) is 12.7. The molecule has 2 aliphatic heterocycles. The molecule has 0 bridgehead atoms. The molecule has 4 heteroatoms. The second-order valence-electron chi connectivity index (χ2n) is 8.63. The topological polar surface area (TPSA) is 24.8 Å². The standard InChI is InChI=1S/C27H27N2OP/c1-3-12-21(13-4-1)31(22-14-5-2-6-15-22)29-18-10-9-17-24(29)27-28-26-23-16-8-7-11-20(23)19-25(26)30-27/h1-8,11-16,24-26H,9-10,17-19H2/t24-,25+,26-/m0/s1. The fraction of sp³-hybridized carbons (Fsp3) is 0.296. The number of fused-ring (bicyclic) bond motifs is 3. The summed E-state index contributed by atoms with van der Waals surface area (Å²) in [5.74, 6) is 0.976. The van der Waals surface area contributed by atoms with E-state index in [4.69, 9.17) is 9.73 Å². The lowest BCUT2D eigenvalue weighted by atomic mass is 10.0. The van der Waals surface area contributed by atoms with Crippen molar-refractivity contribution in [3.63, 3.8) is 0 Å². The van der Waals surface area contributed by atoms with Crippen LogP contribution in [-0.2, 0) is 11.2 Å². The van der Waals surface area contributed by atoms with Gasteiger partial charge in [-0.05, 0) is 34.6 Å². The van der Waals surface area contributed by atoms with Crippen molar-refractivity contribution in [2.24, 2.45) is 4.99 Å². The van der Waals surface area contributed by atoms with Crippen LogP contribution in [0.25, 0.3) is 0 Å². The Labute approximate surface area is 185 Å². The number of rotatable bonds is 4. The largest absolute Gasteiger partial charge is 0.474 e. The first-order valence-electron chi connectivity index (χ1n) is 11.4. The van der Waals surface area contributed by atoms with E-state index in [1.807, 2.05) is 0 Å². The van der Waals surface area contributed by atoms with Crippen LogP contribution in [0.4, 0.5) is 0 Å². The summed E-state index contributed by atoms with van der Waals surface area (Å²) in [7, 11) is -0.619. The van der Waals surface area contributed by atoms with Crippen LogP contribution >= 0.6 is 8.07 Å². The maximum Gasteiger partial charge on any atom is 0.202 e. The Kier molecular flexibility index (Phi) is 5.10. The number of hydrogen-bond donors (Lipinski definition) is 0. The van der Waals surface area contributed by atoms with Gasteiger partial charge in [-0.15, -0.1) is 0 Å². The van der Waals surface area contributed by atoms with Gasteiger partial charge in [0.25, 0.3) is 0 Å². The van der Waals surface area contributed by atoms with Crippen molar-refractivity contribution in [1.29, 1.82) is 0 Å². The van der Waals surface area contributed by atoms with Crippen LogP contribution in [0.15, 0.2) is 89.9 Å². The van der Waals surface area contributed by atoms with Gasteiger partial charge >= 0.3 is 0 Å². The summed E-state index contributed by atoms with van der Waals surface area (Å²) >= 11 is 0. The molecule has 0 radical (unpaired) electrons. The second-order valence-corrected chi connectivity index (χ2v) is 10.8. The van der Waals surface area contributed by atoms with E-state index in [-0.39, 0.29) is 18.2 Å². The van der Waals surface area contributed by atoms with E-state index in [2.05, 4.69) is 89.6 Å². The third kappa shape index (κ3) is 3.50. The summed E-state index contributed by atoms with van der Waals surface area (Å²) in [6.45, 7) is 1.09. The molecule has 31 heavy (non-hydrogen) atoms. The van der Waals surface area contributed by atoms with Crippen molar-refractivity contribution < 1.29 is 4.74 Å². The number of piperidine rings is 1. The lowest BCUT2D eigenvalue weighted by Gasteiger charge is -2.41. The summed E-state index contributed by atoms with van der Waals surface area (Å²) in [6.07, 6.45) is 4.75. The molecule has 3 aromatic rings. The molecule has 3 nitrogen and oxygen atoms in total. The number of hydrogen-bond acceptors (Lipinski definition) is 3. The predicted octanol–water partition coefficient (Wildman–Crippen LogP) is 4.98. The average molecular weight is 427 g/mol. The van der Waals surface area contributed by atoms with Crippen molar-refractivity contribution in [3.05, 3.63) is 96.1 Å². The number of aliphatic imine (C=N–C) groups is 1. The first kappa shape index (κ1) is 19.2. The molecule has 3 aliphatic rings. The Morgan fingerprint density at radius 1 is 0.806 bits per heavy atom. The summed E-state index contributed by atoms with van der Waals surface area (Å²) in [4.78, 5) is 5.20. The Bertz CT molecular complexity index is 1050. The van der Waals surface area contributed by atoms with E-state index < -0.39 is 8.07 Å². The fourth-order valence-corrected chi connectivity index (χ4v) is 7.91. The highest BCUT2D eigenvalue weighted by atomic mass is 31.1. The molecular formula is C27H27N2OP. The summed E-state index contributed by atoms with van der Waals surface area (Å²) in [6, 6.07) is 31.2. The van der Waals surface area contributed by atoms with Gasteiger partial charge in [-0.3, -0.25) is 4.67 Å². The van der Waals surface area contributed by atoms with E-state index >= 15 is 0 Å². The number of ether oxygens (including phenoxy) is 1. The van der Waals surface area contributed by atoms with Gasteiger partial charge < -0.3 is 4.74 Å². The molecule has 3 atom stereocenters. The van der Waals surface area contributed by atoms with Crippen LogP contribution in [0, 0.1) is 0 Å². The van der Waals surface area contributed by atoms with Crippen LogP contribution in [0.2, 0.25) is 0 Å². The summed E-state index contributed by atoms with van der Waals surface area (Å²) in [5.41, 5.74) is 2.76. The Morgan fingerprint density at radius 2 is 1.48 bits per heavy atom. The quantitative estimate of drug-likeness (QED) is 0.550. The van der Waals surface area contributed by atoms with Gasteiger partial charge in [0.2, 0.25) is 5.90 Å². The highest BCUT2D eigenvalue weighted by Gasteiger charge is 2.44. The van der Waals surface area contributed by atoms with Gasteiger partial charge in [0.05, 0.1) is 6.04 Å². The van der Waals surface area contributed by atoms with Gasteiger partial charge in [-0.1, -0.05) is 91.3 Å². The number of nitrogens with zero attached hydrogens (tertiary/aromatic N) is 2. The van der Waals surface area contributed by atoms with E-state index in [1.54, 1.807) is 0 Å². The van der Waals surface area contributed by atoms with Gasteiger partial charge in [0.15, 0.2) is 0 Å². The molecule has 3 aromatic carbocycles. The van der Waals surface area contributed by atoms with Gasteiger partial charge in [-0.25, -0.2) is 4.99 Å². The third-order valence-electron chi connectivity index (χ3n) is 6.70. The molecule has 0 aromatic heterocycles. The van der Waals surface area contributed by atoms with Gasteiger partial charge in [-0.2, -0.15) is 0 Å². The Hall–Kier alpha value is -2.48. The van der Waals surface area contributed by atoms with Crippen LogP contribution in [0.5, 0.6) is 0 Å². The molecule has 6 rings (SSSR count). The first-order chi connectivity index (χ1) is 15.4.